The molecule has 56 valence electrons. The molecule has 0 rings (SSSR count). The topological polar surface area (TPSA) is 46.2 Å². The van der Waals surface area contributed by atoms with E-state index in [0.717, 1.165) is 6.42 Å². The third kappa shape index (κ3) is 2.33. The van der Waals surface area contributed by atoms with Crippen molar-refractivity contribution >= 4 is 0 Å². The fraction of sp³-hybridized carbons (Fsp3) is 1.00. The Bertz CT molecular complexity index is 81.0. The van der Waals surface area contributed by atoms with Crippen molar-refractivity contribution in [2.75, 3.05) is 6.54 Å². The summed E-state index contributed by atoms with van der Waals surface area (Å²) < 4.78 is 0. The molecule has 0 bridgehead atoms. The number of hydrogen-bond acceptors (Lipinski definition) is 2. The molecule has 0 saturated heterocycles. The Morgan fingerprint density at radius 2 is 2.00 bits per heavy atom. The van der Waals surface area contributed by atoms with E-state index in [0.29, 0.717) is 6.54 Å². The molecule has 0 aromatic carbocycles. The summed E-state index contributed by atoms with van der Waals surface area (Å²) >= 11 is 0. The predicted molar refractivity (Wildman–Crippen MR) is 39.1 cm³/mol. The molecule has 1 atom stereocenters. The highest BCUT2D eigenvalue weighted by molar-refractivity contribution is 4.76. The summed E-state index contributed by atoms with van der Waals surface area (Å²) in [6, 6.07) is 0. The van der Waals surface area contributed by atoms with Gasteiger partial charge in [0.25, 0.3) is 0 Å². The number of hydrogen-bond donors (Lipinski definition) is 2. The first-order valence-corrected chi connectivity index (χ1v) is 3.42. The van der Waals surface area contributed by atoms with Crippen molar-refractivity contribution in [2.45, 2.75) is 33.3 Å². The molecule has 0 saturated carbocycles. The van der Waals surface area contributed by atoms with Crippen LogP contribution in [0.1, 0.15) is 27.2 Å². The zero-order chi connectivity index (χ0) is 7.49. The molecule has 0 radical (unpaired) electrons. The van der Waals surface area contributed by atoms with E-state index in [4.69, 9.17) is 5.73 Å². The van der Waals surface area contributed by atoms with Gasteiger partial charge in [0.2, 0.25) is 0 Å². The average Bonchev–Trinajstić information content (AvgIpc) is 1.86. The number of aliphatic hydroxyl groups excluding tert-OH is 1. The molecule has 0 spiro atoms. The highest BCUT2D eigenvalue weighted by Gasteiger charge is 2.23. The average molecular weight is 131 g/mol. The standard InChI is InChI=1S/C7H17NO/c1-4-6(9)7(2,3)5-8/h6,9H,4-5,8H2,1-3H3. The van der Waals surface area contributed by atoms with Crippen LogP contribution >= 0.6 is 0 Å². The maximum atomic E-state index is 9.31. The first-order chi connectivity index (χ1) is 4.04. The van der Waals surface area contributed by atoms with Gasteiger partial charge in [-0.25, -0.2) is 0 Å². The van der Waals surface area contributed by atoms with Crippen LogP contribution in [0.3, 0.4) is 0 Å². The maximum absolute atomic E-state index is 9.31. The Balaban J connectivity index is 3.80. The normalized spacial score (nSPS) is 15.7. The molecule has 2 nitrogen and oxygen atoms in total. The fourth-order valence-electron chi connectivity index (χ4n) is 0.689. The summed E-state index contributed by atoms with van der Waals surface area (Å²) in [5, 5.41) is 9.31. The monoisotopic (exact) mass is 131 g/mol. The minimum atomic E-state index is -0.262. The van der Waals surface area contributed by atoms with Gasteiger partial charge in [0, 0.05) is 5.41 Å². The highest BCUT2D eigenvalue weighted by Crippen LogP contribution is 2.20. The van der Waals surface area contributed by atoms with E-state index in [9.17, 15) is 5.11 Å². The van der Waals surface area contributed by atoms with Crippen molar-refractivity contribution in [3.8, 4) is 0 Å². The van der Waals surface area contributed by atoms with Crippen LogP contribution in [0.25, 0.3) is 0 Å². The maximum Gasteiger partial charge on any atom is 0.0600 e. The third-order valence-electron chi connectivity index (χ3n) is 1.81. The van der Waals surface area contributed by atoms with Gasteiger partial charge < -0.3 is 10.8 Å². The lowest BCUT2D eigenvalue weighted by atomic mass is 9.85. The minimum Gasteiger partial charge on any atom is -0.393 e. The second-order valence-electron chi connectivity index (χ2n) is 3.12. The van der Waals surface area contributed by atoms with Crippen LogP contribution in [-0.4, -0.2) is 17.8 Å². The molecule has 0 aliphatic carbocycles. The summed E-state index contributed by atoms with van der Waals surface area (Å²) in [6.07, 6.45) is 0.520. The van der Waals surface area contributed by atoms with Gasteiger partial charge in [0.05, 0.1) is 6.10 Å². The zero-order valence-electron chi connectivity index (χ0n) is 6.52. The summed E-state index contributed by atoms with van der Waals surface area (Å²) in [5.41, 5.74) is 5.31. The van der Waals surface area contributed by atoms with Crippen LogP contribution in [0.15, 0.2) is 0 Å². The molecule has 1 unspecified atom stereocenters. The lowest BCUT2D eigenvalue weighted by molar-refractivity contribution is 0.0532. The Morgan fingerprint density at radius 1 is 1.56 bits per heavy atom. The first-order valence-electron chi connectivity index (χ1n) is 3.42. The van der Waals surface area contributed by atoms with Gasteiger partial charge in [-0.1, -0.05) is 20.8 Å². The van der Waals surface area contributed by atoms with E-state index < -0.39 is 0 Å². The Labute approximate surface area is 57.1 Å². The minimum absolute atomic E-state index is 0.116. The van der Waals surface area contributed by atoms with Gasteiger partial charge in [0.15, 0.2) is 0 Å². The van der Waals surface area contributed by atoms with Gasteiger partial charge in [-0.2, -0.15) is 0 Å². The second kappa shape index (κ2) is 3.18. The van der Waals surface area contributed by atoms with Crippen LogP contribution in [0.2, 0.25) is 0 Å². The number of rotatable bonds is 3. The summed E-state index contributed by atoms with van der Waals surface area (Å²) in [4.78, 5) is 0. The Morgan fingerprint density at radius 3 is 2.11 bits per heavy atom. The molecule has 0 heterocycles. The predicted octanol–water partition coefficient (Wildman–Crippen LogP) is 0.742. The summed E-state index contributed by atoms with van der Waals surface area (Å²) in [6.45, 7) is 6.45. The van der Waals surface area contributed by atoms with Crippen molar-refractivity contribution in [1.82, 2.24) is 0 Å². The van der Waals surface area contributed by atoms with Crippen molar-refractivity contribution in [1.29, 1.82) is 0 Å². The zero-order valence-corrected chi connectivity index (χ0v) is 6.52. The van der Waals surface area contributed by atoms with Crippen molar-refractivity contribution in [3.63, 3.8) is 0 Å². The van der Waals surface area contributed by atoms with Crippen LogP contribution < -0.4 is 5.73 Å². The number of aliphatic hydroxyl groups is 1. The molecule has 0 aliphatic heterocycles. The van der Waals surface area contributed by atoms with E-state index >= 15 is 0 Å². The van der Waals surface area contributed by atoms with E-state index in [2.05, 4.69) is 0 Å². The smallest absolute Gasteiger partial charge is 0.0600 e. The summed E-state index contributed by atoms with van der Waals surface area (Å²) in [7, 11) is 0. The lowest BCUT2D eigenvalue weighted by Crippen LogP contribution is -2.35. The van der Waals surface area contributed by atoms with E-state index in [1.54, 1.807) is 0 Å². The van der Waals surface area contributed by atoms with Crippen LogP contribution in [-0.2, 0) is 0 Å². The van der Waals surface area contributed by atoms with Crippen molar-refractivity contribution < 1.29 is 5.11 Å². The first kappa shape index (κ1) is 8.92. The van der Waals surface area contributed by atoms with E-state index in [1.165, 1.54) is 0 Å². The SMILES string of the molecule is CCC(O)C(C)(C)CN. The van der Waals surface area contributed by atoms with Gasteiger partial charge in [-0.3, -0.25) is 0 Å². The van der Waals surface area contributed by atoms with E-state index in [1.807, 2.05) is 20.8 Å². The molecule has 0 aromatic rings. The lowest BCUT2D eigenvalue weighted by Gasteiger charge is -2.27. The Kier molecular flexibility index (Phi) is 3.15. The molecule has 9 heavy (non-hydrogen) atoms. The molecular formula is C7H17NO. The van der Waals surface area contributed by atoms with E-state index in [-0.39, 0.29) is 11.5 Å². The van der Waals surface area contributed by atoms with Gasteiger partial charge in [0.1, 0.15) is 0 Å². The molecular weight excluding hydrogens is 114 g/mol. The van der Waals surface area contributed by atoms with Crippen molar-refractivity contribution in [2.24, 2.45) is 11.1 Å². The number of nitrogens with two attached hydrogens (primary N) is 1. The quantitative estimate of drug-likeness (QED) is 0.593. The van der Waals surface area contributed by atoms with Gasteiger partial charge >= 0.3 is 0 Å². The molecule has 0 amide bonds. The van der Waals surface area contributed by atoms with Crippen LogP contribution in [0, 0.1) is 5.41 Å². The highest BCUT2D eigenvalue weighted by atomic mass is 16.3. The molecule has 2 heteroatoms. The Hall–Kier alpha value is -0.0800. The molecule has 0 aromatic heterocycles. The largest absolute Gasteiger partial charge is 0.393 e. The van der Waals surface area contributed by atoms with Gasteiger partial charge in [-0.05, 0) is 13.0 Å². The fourth-order valence-corrected chi connectivity index (χ4v) is 0.689. The van der Waals surface area contributed by atoms with Crippen molar-refractivity contribution in [3.05, 3.63) is 0 Å². The third-order valence-corrected chi connectivity index (χ3v) is 1.81. The van der Waals surface area contributed by atoms with Crippen LogP contribution in [0.5, 0.6) is 0 Å². The molecule has 0 aliphatic rings. The van der Waals surface area contributed by atoms with Crippen LogP contribution in [0.4, 0.5) is 0 Å². The molecule has 0 fully saturated rings. The van der Waals surface area contributed by atoms with Gasteiger partial charge in [-0.15, -0.1) is 0 Å². The molecule has 3 N–H and O–H groups in total. The summed E-state index contributed by atoms with van der Waals surface area (Å²) in [5.74, 6) is 0. The second-order valence-corrected chi connectivity index (χ2v) is 3.12.